The Kier molecular flexibility index (Phi) is 5.47. The van der Waals surface area contributed by atoms with Gasteiger partial charge in [-0.3, -0.25) is 0 Å². The van der Waals surface area contributed by atoms with E-state index in [4.69, 9.17) is 0 Å². The smallest absolute Gasteiger partial charge is 0.337 e. The molecule has 0 saturated carbocycles. The zero-order valence-electron chi connectivity index (χ0n) is 16.3. The van der Waals surface area contributed by atoms with Crippen LogP contribution in [0.5, 0.6) is 0 Å². The highest BCUT2D eigenvalue weighted by molar-refractivity contribution is 5.91. The number of hydrogen-bond donors (Lipinski definition) is 2. The fraction of sp³-hybridized carbons (Fsp3) is 0.261. The van der Waals surface area contributed by atoms with E-state index in [1.54, 1.807) is 0 Å². The first-order valence-electron chi connectivity index (χ1n) is 9.16. The van der Waals surface area contributed by atoms with E-state index < -0.39 is 5.97 Å². The summed E-state index contributed by atoms with van der Waals surface area (Å²) in [4.78, 5) is 11.9. The molecule has 1 aromatic heterocycles. The van der Waals surface area contributed by atoms with Crippen LogP contribution in [0.2, 0.25) is 0 Å². The molecule has 4 nitrogen and oxygen atoms in total. The Balaban J connectivity index is 1.89. The lowest BCUT2D eigenvalue weighted by atomic mass is 10.1. The van der Waals surface area contributed by atoms with E-state index in [1.165, 1.54) is 16.7 Å². The minimum Gasteiger partial charge on any atom is -0.478 e. The third-order valence-electron chi connectivity index (χ3n) is 5.03. The number of carboxylic acids is 1. The summed E-state index contributed by atoms with van der Waals surface area (Å²) in [5, 5.41) is 13.2. The average Bonchev–Trinajstić information content (AvgIpc) is 2.88. The largest absolute Gasteiger partial charge is 0.478 e. The number of carboxylic acid groups (broad SMARTS) is 1. The van der Waals surface area contributed by atoms with Crippen molar-refractivity contribution in [2.24, 2.45) is 0 Å². The summed E-state index contributed by atoms with van der Waals surface area (Å²) in [5.74, 6) is -0.881. The predicted octanol–water partition coefficient (Wildman–Crippen LogP) is 4.70. The first-order valence-corrected chi connectivity index (χ1v) is 9.16. The number of nitrogens with one attached hydrogen (secondary N) is 1. The summed E-state index contributed by atoms with van der Waals surface area (Å²) in [7, 11) is 0. The minimum absolute atomic E-state index is 0.393. The molecule has 1 heterocycles. The van der Waals surface area contributed by atoms with Gasteiger partial charge >= 0.3 is 5.97 Å². The third kappa shape index (κ3) is 3.96. The fourth-order valence-corrected chi connectivity index (χ4v) is 3.52. The highest BCUT2D eigenvalue weighted by atomic mass is 16.4. The Morgan fingerprint density at radius 2 is 1.41 bits per heavy atom. The van der Waals surface area contributed by atoms with Gasteiger partial charge in [0.2, 0.25) is 0 Å². The monoisotopic (exact) mass is 362 g/mol. The predicted molar refractivity (Wildman–Crippen MR) is 109 cm³/mol. The molecule has 0 aliphatic rings. The van der Waals surface area contributed by atoms with Crippen LogP contribution in [0.1, 0.15) is 44.0 Å². The van der Waals surface area contributed by atoms with Crippen molar-refractivity contribution in [3.63, 3.8) is 0 Å². The Morgan fingerprint density at radius 1 is 0.852 bits per heavy atom. The SMILES string of the molecule is Cc1ccc(CNCc2c(C(=O)O)c(C)n(-c3ccc(C)cc3)c2C)cc1. The van der Waals surface area contributed by atoms with Crippen LogP contribution < -0.4 is 5.32 Å². The molecule has 0 unspecified atom stereocenters. The number of nitrogens with zero attached hydrogens (tertiary/aromatic N) is 1. The molecule has 3 aromatic rings. The molecule has 0 spiro atoms. The van der Waals surface area contributed by atoms with E-state index in [0.717, 1.165) is 22.6 Å². The zero-order valence-corrected chi connectivity index (χ0v) is 16.3. The number of carbonyl (C=O) groups is 1. The normalized spacial score (nSPS) is 11.0. The molecule has 0 fully saturated rings. The van der Waals surface area contributed by atoms with E-state index in [0.29, 0.717) is 18.7 Å². The lowest BCUT2D eigenvalue weighted by molar-refractivity contribution is 0.0695. The Hall–Kier alpha value is -2.85. The van der Waals surface area contributed by atoms with Crippen molar-refractivity contribution in [2.45, 2.75) is 40.8 Å². The maximum Gasteiger partial charge on any atom is 0.337 e. The Morgan fingerprint density at radius 3 is 1.96 bits per heavy atom. The highest BCUT2D eigenvalue weighted by Crippen LogP contribution is 2.26. The van der Waals surface area contributed by atoms with Crippen LogP contribution in [-0.2, 0) is 13.1 Å². The molecule has 0 saturated heterocycles. The molecule has 27 heavy (non-hydrogen) atoms. The van der Waals surface area contributed by atoms with Gasteiger partial charge in [0.1, 0.15) is 0 Å². The highest BCUT2D eigenvalue weighted by Gasteiger charge is 2.23. The van der Waals surface area contributed by atoms with Crippen molar-refractivity contribution in [2.75, 3.05) is 0 Å². The summed E-state index contributed by atoms with van der Waals surface area (Å²) < 4.78 is 2.03. The van der Waals surface area contributed by atoms with Crippen LogP contribution in [0.3, 0.4) is 0 Å². The van der Waals surface area contributed by atoms with Crippen molar-refractivity contribution >= 4 is 5.97 Å². The zero-order chi connectivity index (χ0) is 19.6. The van der Waals surface area contributed by atoms with E-state index in [9.17, 15) is 9.90 Å². The van der Waals surface area contributed by atoms with Gasteiger partial charge in [-0.25, -0.2) is 4.79 Å². The molecular weight excluding hydrogens is 336 g/mol. The van der Waals surface area contributed by atoms with Crippen molar-refractivity contribution in [3.8, 4) is 5.69 Å². The quantitative estimate of drug-likeness (QED) is 0.668. The van der Waals surface area contributed by atoms with Crippen LogP contribution in [-0.4, -0.2) is 15.6 Å². The molecule has 0 aliphatic heterocycles. The number of rotatable bonds is 6. The second kappa shape index (κ2) is 7.80. The Labute approximate surface area is 160 Å². The lowest BCUT2D eigenvalue weighted by Gasteiger charge is -2.10. The molecule has 2 aromatic carbocycles. The van der Waals surface area contributed by atoms with Crippen molar-refractivity contribution in [1.82, 2.24) is 9.88 Å². The van der Waals surface area contributed by atoms with Gasteiger partial charge in [-0.2, -0.15) is 0 Å². The van der Waals surface area contributed by atoms with Gasteiger partial charge < -0.3 is 15.0 Å². The molecule has 0 aliphatic carbocycles. The molecule has 4 heteroatoms. The Bertz CT molecular complexity index is 952. The minimum atomic E-state index is -0.881. The number of aromatic carboxylic acids is 1. The third-order valence-corrected chi connectivity index (χ3v) is 5.03. The summed E-state index contributed by atoms with van der Waals surface area (Å²) >= 11 is 0. The summed E-state index contributed by atoms with van der Waals surface area (Å²) in [6, 6.07) is 16.5. The molecule has 0 bridgehead atoms. The first-order chi connectivity index (χ1) is 12.9. The molecule has 0 amide bonds. The maximum absolute atomic E-state index is 11.9. The van der Waals surface area contributed by atoms with Crippen molar-refractivity contribution < 1.29 is 9.90 Å². The molecule has 3 rings (SSSR count). The van der Waals surface area contributed by atoms with Crippen LogP contribution in [0, 0.1) is 27.7 Å². The van der Waals surface area contributed by atoms with Crippen molar-refractivity contribution in [1.29, 1.82) is 0 Å². The second-order valence-electron chi connectivity index (χ2n) is 7.09. The van der Waals surface area contributed by atoms with E-state index in [-0.39, 0.29) is 0 Å². The van der Waals surface area contributed by atoms with Gasteiger partial charge in [0.15, 0.2) is 0 Å². The fourth-order valence-electron chi connectivity index (χ4n) is 3.52. The van der Waals surface area contributed by atoms with E-state index in [1.807, 2.05) is 49.6 Å². The van der Waals surface area contributed by atoms with Crippen LogP contribution in [0.25, 0.3) is 5.69 Å². The molecule has 0 atom stereocenters. The summed E-state index contributed by atoms with van der Waals surface area (Å²) in [6.07, 6.45) is 0. The van der Waals surface area contributed by atoms with Gasteiger partial charge in [-0.15, -0.1) is 0 Å². The number of benzene rings is 2. The molecule has 0 radical (unpaired) electrons. The van der Waals surface area contributed by atoms with Crippen molar-refractivity contribution in [3.05, 3.63) is 87.7 Å². The second-order valence-corrected chi connectivity index (χ2v) is 7.09. The first kappa shape index (κ1) is 18.9. The van der Waals surface area contributed by atoms with Gasteiger partial charge in [-0.1, -0.05) is 47.5 Å². The molecule has 140 valence electrons. The topological polar surface area (TPSA) is 54.3 Å². The van der Waals surface area contributed by atoms with E-state index in [2.05, 4.69) is 36.5 Å². The van der Waals surface area contributed by atoms with E-state index >= 15 is 0 Å². The number of hydrogen-bond acceptors (Lipinski definition) is 2. The lowest BCUT2D eigenvalue weighted by Crippen LogP contribution is -2.15. The summed E-state index contributed by atoms with van der Waals surface area (Å²) in [5.41, 5.74) is 7.54. The molecule has 2 N–H and O–H groups in total. The summed E-state index contributed by atoms with van der Waals surface area (Å²) in [6.45, 7) is 9.19. The van der Waals surface area contributed by atoms with Gasteiger partial charge in [0.25, 0.3) is 0 Å². The van der Waals surface area contributed by atoms with Gasteiger partial charge in [-0.05, 0) is 45.4 Å². The van der Waals surface area contributed by atoms with Crippen LogP contribution in [0.15, 0.2) is 48.5 Å². The number of aromatic nitrogens is 1. The maximum atomic E-state index is 11.9. The van der Waals surface area contributed by atoms with Crippen LogP contribution in [0.4, 0.5) is 0 Å². The van der Waals surface area contributed by atoms with Gasteiger partial charge in [0.05, 0.1) is 5.56 Å². The molecular formula is C23H26N2O2. The van der Waals surface area contributed by atoms with Gasteiger partial charge in [0, 0.05) is 35.7 Å². The standard InChI is InChI=1S/C23H26N2O2/c1-15-5-9-19(10-6-15)13-24-14-21-17(3)25(18(4)22(21)23(26)27)20-11-7-16(2)8-12-20/h5-12,24H,13-14H2,1-4H3,(H,26,27). The average molecular weight is 362 g/mol. The number of aryl methyl sites for hydroxylation is 2. The van der Waals surface area contributed by atoms with Crippen LogP contribution >= 0.6 is 0 Å².